The molecule has 0 aliphatic carbocycles. The fraction of sp³-hybridized carbons (Fsp3) is 0.421. The van der Waals surface area contributed by atoms with Gasteiger partial charge in [-0.25, -0.2) is 4.98 Å². The Morgan fingerprint density at radius 3 is 2.96 bits per heavy atom. The molecule has 2 atom stereocenters. The first-order valence-electron chi connectivity index (χ1n) is 8.80. The number of benzene rings is 1. The van der Waals surface area contributed by atoms with E-state index in [0.717, 1.165) is 36.5 Å². The molecule has 0 spiro atoms. The number of rotatable bonds is 2. The Kier molecular flexibility index (Phi) is 4.03. The Balaban J connectivity index is 1.57. The van der Waals surface area contributed by atoms with E-state index in [1.807, 2.05) is 42.3 Å². The van der Waals surface area contributed by atoms with Gasteiger partial charge in [-0.05, 0) is 31.4 Å². The number of para-hydroxylation sites is 1. The predicted molar refractivity (Wildman–Crippen MR) is 94.2 cm³/mol. The zero-order valence-electron chi connectivity index (χ0n) is 14.3. The summed E-state index contributed by atoms with van der Waals surface area (Å²) in [7, 11) is 0. The van der Waals surface area contributed by atoms with Crippen molar-refractivity contribution in [3.05, 3.63) is 48.0 Å². The fourth-order valence-electron chi connectivity index (χ4n) is 4.01. The van der Waals surface area contributed by atoms with E-state index in [9.17, 15) is 9.59 Å². The predicted octanol–water partition coefficient (Wildman–Crippen LogP) is 2.48. The second-order valence-electron chi connectivity index (χ2n) is 6.85. The van der Waals surface area contributed by atoms with Crippen LogP contribution in [0, 0.1) is 6.92 Å². The Bertz CT molecular complexity index is 813. The van der Waals surface area contributed by atoms with Crippen molar-refractivity contribution in [3.8, 4) is 0 Å². The van der Waals surface area contributed by atoms with Gasteiger partial charge in [-0.15, -0.1) is 0 Å². The topological polar surface area (TPSA) is 67.2 Å². The van der Waals surface area contributed by atoms with Crippen LogP contribution in [0.4, 0.5) is 5.69 Å². The van der Waals surface area contributed by atoms with Crippen molar-refractivity contribution < 1.29 is 9.59 Å². The van der Waals surface area contributed by atoms with Gasteiger partial charge in [0.15, 0.2) is 0 Å². The molecule has 1 aromatic heterocycles. The quantitative estimate of drug-likeness (QED) is 0.915. The second-order valence-corrected chi connectivity index (χ2v) is 6.85. The maximum atomic E-state index is 13.2. The van der Waals surface area contributed by atoms with Crippen LogP contribution in [0.3, 0.4) is 0 Å². The largest absolute Gasteiger partial charge is 0.340 e. The number of nitrogens with zero attached hydrogens (tertiary/aromatic N) is 3. The van der Waals surface area contributed by atoms with Gasteiger partial charge in [0, 0.05) is 37.6 Å². The van der Waals surface area contributed by atoms with Gasteiger partial charge >= 0.3 is 0 Å². The number of hydrogen-bond acceptors (Lipinski definition) is 3. The molecule has 0 unspecified atom stereocenters. The summed E-state index contributed by atoms with van der Waals surface area (Å²) < 4.78 is 2.15. The first kappa shape index (κ1) is 15.9. The lowest BCUT2D eigenvalue weighted by atomic mass is 9.88. The average Bonchev–Trinajstić information content (AvgIpc) is 3.06. The van der Waals surface area contributed by atoms with Crippen molar-refractivity contribution in [2.75, 3.05) is 18.4 Å². The molecular formula is C19H22N4O2. The molecule has 6 heteroatoms. The summed E-state index contributed by atoms with van der Waals surface area (Å²) in [6, 6.07) is 7.86. The van der Waals surface area contributed by atoms with Crippen LogP contribution >= 0.6 is 0 Å². The Morgan fingerprint density at radius 1 is 1.32 bits per heavy atom. The summed E-state index contributed by atoms with van der Waals surface area (Å²) in [6.07, 6.45) is 6.02. The highest BCUT2D eigenvalue weighted by atomic mass is 16.2. The lowest BCUT2D eigenvalue weighted by Crippen LogP contribution is -2.44. The van der Waals surface area contributed by atoms with Crippen LogP contribution in [-0.4, -0.2) is 39.4 Å². The molecule has 4 rings (SSSR count). The molecule has 0 bridgehead atoms. The zero-order valence-corrected chi connectivity index (χ0v) is 14.3. The van der Waals surface area contributed by atoms with Gasteiger partial charge in [-0.3, -0.25) is 9.59 Å². The number of fused-ring (bicyclic) bond motifs is 1. The van der Waals surface area contributed by atoms with Crippen LogP contribution in [0.1, 0.15) is 42.6 Å². The summed E-state index contributed by atoms with van der Waals surface area (Å²) in [5, 5.41) is 2.86. The minimum Gasteiger partial charge on any atom is -0.340 e. The van der Waals surface area contributed by atoms with Crippen LogP contribution in [0.5, 0.6) is 0 Å². The smallest absolute Gasteiger partial charge is 0.230 e. The minimum atomic E-state index is -0.382. The third kappa shape index (κ3) is 2.92. The minimum absolute atomic E-state index is 0.0600. The molecule has 1 N–H and O–H groups in total. The van der Waals surface area contributed by atoms with E-state index in [4.69, 9.17) is 0 Å². The highest BCUT2D eigenvalue weighted by Gasteiger charge is 2.35. The van der Waals surface area contributed by atoms with Crippen LogP contribution in [-0.2, 0) is 9.59 Å². The van der Waals surface area contributed by atoms with E-state index in [1.54, 1.807) is 6.20 Å². The molecule has 2 aliphatic heterocycles. The first-order valence-corrected chi connectivity index (χ1v) is 8.80. The highest BCUT2D eigenvalue weighted by molar-refractivity contribution is 6.01. The molecule has 3 heterocycles. The summed E-state index contributed by atoms with van der Waals surface area (Å²) in [5.41, 5.74) is 1.68. The van der Waals surface area contributed by atoms with Crippen molar-refractivity contribution in [1.82, 2.24) is 14.5 Å². The number of likely N-dealkylation sites (tertiary alicyclic amines) is 1. The summed E-state index contributed by atoms with van der Waals surface area (Å²) >= 11 is 0. The van der Waals surface area contributed by atoms with Crippen molar-refractivity contribution >= 4 is 17.5 Å². The normalized spacial score (nSPS) is 23.1. The maximum absolute atomic E-state index is 13.2. The molecular weight excluding hydrogens is 316 g/mol. The van der Waals surface area contributed by atoms with Gasteiger partial charge in [-0.2, -0.15) is 0 Å². The molecule has 1 fully saturated rings. The lowest BCUT2D eigenvalue weighted by molar-refractivity contribution is -0.136. The number of hydrogen-bond donors (Lipinski definition) is 1. The fourth-order valence-corrected chi connectivity index (χ4v) is 4.01. The van der Waals surface area contributed by atoms with Crippen LogP contribution in [0.25, 0.3) is 0 Å². The van der Waals surface area contributed by atoms with E-state index in [0.29, 0.717) is 6.54 Å². The van der Waals surface area contributed by atoms with Gasteiger partial charge in [0.2, 0.25) is 11.8 Å². The average molecular weight is 338 g/mol. The summed E-state index contributed by atoms with van der Waals surface area (Å²) in [5.74, 6) is 0.565. The summed E-state index contributed by atoms with van der Waals surface area (Å²) in [6.45, 7) is 3.42. The molecule has 2 aromatic rings. The van der Waals surface area contributed by atoms with Crippen LogP contribution in [0.2, 0.25) is 0 Å². The van der Waals surface area contributed by atoms with E-state index < -0.39 is 0 Å². The number of amides is 2. The van der Waals surface area contributed by atoms with Gasteiger partial charge in [0.1, 0.15) is 5.82 Å². The molecule has 1 saturated heterocycles. The van der Waals surface area contributed by atoms with Crippen molar-refractivity contribution in [2.24, 2.45) is 0 Å². The standard InChI is InChI=1S/C19H22N4O2/c1-13-20-8-10-23(13)14-5-4-9-22(12-14)19(25)16-11-18(24)21-17-7-3-2-6-15(16)17/h2-3,6-8,10,14,16H,4-5,9,11-12H2,1H3,(H,21,24)/t14-,16-/m1/s1. The van der Waals surface area contributed by atoms with Crippen molar-refractivity contribution in [1.29, 1.82) is 0 Å². The monoisotopic (exact) mass is 338 g/mol. The molecule has 0 saturated carbocycles. The molecule has 130 valence electrons. The number of anilines is 1. The highest BCUT2D eigenvalue weighted by Crippen LogP contribution is 2.34. The second kappa shape index (κ2) is 6.35. The Labute approximate surface area is 146 Å². The molecule has 2 aliphatic rings. The lowest BCUT2D eigenvalue weighted by Gasteiger charge is -2.37. The third-order valence-electron chi connectivity index (χ3n) is 5.26. The summed E-state index contributed by atoms with van der Waals surface area (Å²) in [4.78, 5) is 31.4. The van der Waals surface area contributed by atoms with Gasteiger partial charge in [0.05, 0.1) is 12.0 Å². The van der Waals surface area contributed by atoms with E-state index in [-0.39, 0.29) is 30.2 Å². The number of piperidine rings is 1. The Hall–Kier alpha value is -2.63. The molecule has 0 radical (unpaired) electrons. The van der Waals surface area contributed by atoms with E-state index in [2.05, 4.69) is 14.9 Å². The number of carbonyl (C=O) groups excluding carboxylic acids is 2. The van der Waals surface area contributed by atoms with E-state index in [1.165, 1.54) is 0 Å². The molecule has 2 amide bonds. The van der Waals surface area contributed by atoms with Crippen LogP contribution < -0.4 is 5.32 Å². The van der Waals surface area contributed by atoms with E-state index >= 15 is 0 Å². The molecule has 6 nitrogen and oxygen atoms in total. The van der Waals surface area contributed by atoms with Gasteiger partial charge in [0.25, 0.3) is 0 Å². The zero-order chi connectivity index (χ0) is 17.4. The van der Waals surface area contributed by atoms with Gasteiger partial charge < -0.3 is 14.8 Å². The first-order chi connectivity index (χ1) is 12.1. The number of nitrogens with one attached hydrogen (secondary N) is 1. The maximum Gasteiger partial charge on any atom is 0.230 e. The number of carbonyl (C=O) groups is 2. The molecule has 1 aromatic carbocycles. The van der Waals surface area contributed by atoms with Gasteiger partial charge in [-0.1, -0.05) is 18.2 Å². The van der Waals surface area contributed by atoms with Crippen LogP contribution in [0.15, 0.2) is 36.7 Å². The number of aromatic nitrogens is 2. The van der Waals surface area contributed by atoms with Crippen molar-refractivity contribution in [3.63, 3.8) is 0 Å². The SMILES string of the molecule is Cc1nccn1[C@@H]1CCCN(C(=O)[C@@H]2CC(=O)Nc3ccccc32)C1. The molecule has 25 heavy (non-hydrogen) atoms. The Morgan fingerprint density at radius 2 is 2.16 bits per heavy atom. The third-order valence-corrected chi connectivity index (χ3v) is 5.26. The number of imidazole rings is 1. The number of aryl methyl sites for hydroxylation is 1. The van der Waals surface area contributed by atoms with Crippen molar-refractivity contribution in [2.45, 2.75) is 38.1 Å².